The topological polar surface area (TPSA) is 29.9 Å². The van der Waals surface area contributed by atoms with E-state index in [0.29, 0.717) is 12.0 Å². The van der Waals surface area contributed by atoms with Crippen molar-refractivity contribution in [2.45, 2.75) is 25.8 Å². The minimum Gasteiger partial charge on any atom is -0.312 e. The van der Waals surface area contributed by atoms with Gasteiger partial charge in [-0.3, -0.25) is 4.68 Å². The number of nitrogens with zero attached hydrogens (tertiary/aromatic N) is 2. The predicted octanol–water partition coefficient (Wildman–Crippen LogP) is 1.15. The van der Waals surface area contributed by atoms with Crippen molar-refractivity contribution in [1.29, 1.82) is 0 Å². The third-order valence-electron chi connectivity index (χ3n) is 2.42. The molecule has 1 aromatic heterocycles. The molecule has 0 aliphatic carbocycles. The fraction of sp³-hybridized carbons (Fsp3) is 0.667. The van der Waals surface area contributed by atoms with Gasteiger partial charge >= 0.3 is 0 Å². The Hall–Kier alpha value is -0.830. The average molecular weight is 165 g/mol. The smallest absolute Gasteiger partial charge is 0.0767 e. The first-order chi connectivity index (χ1) is 5.77. The van der Waals surface area contributed by atoms with Gasteiger partial charge in [-0.05, 0) is 11.5 Å². The highest BCUT2D eigenvalue weighted by Gasteiger charge is 2.19. The van der Waals surface area contributed by atoms with Crippen LogP contribution in [0.4, 0.5) is 0 Å². The molecule has 1 aromatic rings. The Morgan fingerprint density at radius 2 is 2.33 bits per heavy atom. The summed E-state index contributed by atoms with van der Waals surface area (Å²) in [5.41, 5.74) is 1.34. The third-order valence-corrected chi connectivity index (χ3v) is 2.42. The Balaban J connectivity index is 2.12. The maximum atomic E-state index is 4.34. The molecule has 3 nitrogen and oxygen atoms in total. The molecule has 1 fully saturated rings. The summed E-state index contributed by atoms with van der Waals surface area (Å²) in [7, 11) is 0. The van der Waals surface area contributed by atoms with E-state index in [2.05, 4.69) is 35.1 Å². The molecule has 0 radical (unpaired) electrons. The van der Waals surface area contributed by atoms with Crippen LogP contribution in [-0.2, 0) is 0 Å². The molecule has 66 valence electrons. The fourth-order valence-corrected chi connectivity index (χ4v) is 1.31. The highest BCUT2D eigenvalue weighted by molar-refractivity contribution is 5.09. The second-order valence-electron chi connectivity index (χ2n) is 3.72. The zero-order chi connectivity index (χ0) is 8.55. The van der Waals surface area contributed by atoms with Crippen molar-refractivity contribution in [3.63, 3.8) is 0 Å². The van der Waals surface area contributed by atoms with Gasteiger partial charge in [0.25, 0.3) is 0 Å². The molecule has 1 aliphatic heterocycles. The monoisotopic (exact) mass is 165 g/mol. The quantitative estimate of drug-likeness (QED) is 0.712. The van der Waals surface area contributed by atoms with E-state index < -0.39 is 0 Å². The van der Waals surface area contributed by atoms with Crippen LogP contribution in [0.5, 0.6) is 0 Å². The van der Waals surface area contributed by atoms with Gasteiger partial charge in [0.15, 0.2) is 0 Å². The lowest BCUT2D eigenvalue weighted by Gasteiger charge is -2.27. The molecule has 1 saturated heterocycles. The normalized spacial score (nSPS) is 18.2. The van der Waals surface area contributed by atoms with Crippen molar-refractivity contribution in [3.8, 4) is 0 Å². The minimum atomic E-state index is 0.590. The van der Waals surface area contributed by atoms with Crippen LogP contribution in [0.2, 0.25) is 0 Å². The molecule has 12 heavy (non-hydrogen) atoms. The number of aromatic nitrogens is 2. The molecular formula is C9H15N3. The van der Waals surface area contributed by atoms with Gasteiger partial charge < -0.3 is 5.32 Å². The van der Waals surface area contributed by atoms with E-state index in [-0.39, 0.29) is 0 Å². The average Bonchev–Trinajstić information content (AvgIpc) is 2.32. The van der Waals surface area contributed by atoms with E-state index in [1.165, 1.54) is 5.56 Å². The first-order valence-electron chi connectivity index (χ1n) is 4.52. The van der Waals surface area contributed by atoms with E-state index in [0.717, 1.165) is 13.1 Å². The van der Waals surface area contributed by atoms with Crippen molar-refractivity contribution in [3.05, 3.63) is 18.0 Å². The second kappa shape index (κ2) is 2.90. The molecule has 3 heteroatoms. The molecule has 1 N–H and O–H groups in total. The standard InChI is InChI=1S/C9H15N3/c1-7(2)8-3-11-12(6-8)9-4-10-5-9/h3,6-7,9-10H,4-5H2,1-2H3. The maximum absolute atomic E-state index is 4.34. The molecule has 0 aromatic carbocycles. The summed E-state index contributed by atoms with van der Waals surface area (Å²) in [6.07, 6.45) is 4.14. The minimum absolute atomic E-state index is 0.590. The van der Waals surface area contributed by atoms with Gasteiger partial charge in [-0.2, -0.15) is 5.10 Å². The van der Waals surface area contributed by atoms with E-state index in [1.807, 2.05) is 6.20 Å². The van der Waals surface area contributed by atoms with Gasteiger partial charge in [0.05, 0.1) is 12.2 Å². The number of nitrogens with one attached hydrogen (secondary N) is 1. The summed E-state index contributed by atoms with van der Waals surface area (Å²) in [6, 6.07) is 0.595. The zero-order valence-corrected chi connectivity index (χ0v) is 7.62. The summed E-state index contributed by atoms with van der Waals surface area (Å²) in [6.45, 7) is 6.53. The molecule has 0 saturated carbocycles. The van der Waals surface area contributed by atoms with Gasteiger partial charge in [-0.1, -0.05) is 13.8 Å². The van der Waals surface area contributed by atoms with Crippen molar-refractivity contribution in [2.24, 2.45) is 0 Å². The van der Waals surface area contributed by atoms with Crippen LogP contribution in [0.3, 0.4) is 0 Å². The summed E-state index contributed by atoms with van der Waals surface area (Å²) in [4.78, 5) is 0. The van der Waals surface area contributed by atoms with Crippen LogP contribution >= 0.6 is 0 Å². The van der Waals surface area contributed by atoms with Crippen molar-refractivity contribution < 1.29 is 0 Å². The number of rotatable bonds is 2. The maximum Gasteiger partial charge on any atom is 0.0767 e. The molecule has 0 atom stereocenters. The molecule has 0 amide bonds. The number of hydrogen-bond donors (Lipinski definition) is 1. The molecule has 1 aliphatic rings. The Morgan fingerprint density at radius 1 is 1.58 bits per heavy atom. The lowest BCUT2D eigenvalue weighted by atomic mass is 10.1. The first-order valence-corrected chi connectivity index (χ1v) is 4.52. The van der Waals surface area contributed by atoms with Crippen LogP contribution in [0.15, 0.2) is 12.4 Å². The van der Waals surface area contributed by atoms with Crippen molar-refractivity contribution in [1.82, 2.24) is 15.1 Å². The zero-order valence-electron chi connectivity index (χ0n) is 7.62. The Labute approximate surface area is 72.8 Å². The Morgan fingerprint density at radius 3 is 2.75 bits per heavy atom. The van der Waals surface area contributed by atoms with E-state index in [1.54, 1.807) is 0 Å². The number of hydrogen-bond acceptors (Lipinski definition) is 2. The third kappa shape index (κ3) is 1.25. The highest BCUT2D eigenvalue weighted by atomic mass is 15.3. The van der Waals surface area contributed by atoms with Crippen LogP contribution in [0, 0.1) is 0 Å². The molecule has 2 rings (SSSR count). The van der Waals surface area contributed by atoms with E-state index in [9.17, 15) is 0 Å². The largest absolute Gasteiger partial charge is 0.312 e. The molecule has 0 unspecified atom stereocenters. The lowest BCUT2D eigenvalue weighted by molar-refractivity contribution is 0.318. The summed E-state index contributed by atoms with van der Waals surface area (Å²) in [5, 5.41) is 7.57. The summed E-state index contributed by atoms with van der Waals surface area (Å²) < 4.78 is 2.08. The first kappa shape index (κ1) is 7.80. The van der Waals surface area contributed by atoms with Gasteiger partial charge in [0.1, 0.15) is 0 Å². The molecule has 2 heterocycles. The summed E-state index contributed by atoms with van der Waals surface area (Å²) in [5.74, 6) is 0.590. The van der Waals surface area contributed by atoms with Crippen LogP contribution in [-0.4, -0.2) is 22.9 Å². The van der Waals surface area contributed by atoms with Crippen LogP contribution < -0.4 is 5.32 Å². The van der Waals surface area contributed by atoms with Gasteiger partial charge in [0.2, 0.25) is 0 Å². The van der Waals surface area contributed by atoms with Crippen LogP contribution in [0.25, 0.3) is 0 Å². The Bertz CT molecular complexity index is 260. The lowest BCUT2D eigenvalue weighted by Crippen LogP contribution is -2.43. The van der Waals surface area contributed by atoms with Crippen molar-refractivity contribution >= 4 is 0 Å². The fourth-order valence-electron chi connectivity index (χ4n) is 1.31. The molecular weight excluding hydrogens is 150 g/mol. The second-order valence-corrected chi connectivity index (χ2v) is 3.72. The van der Waals surface area contributed by atoms with Crippen LogP contribution in [0.1, 0.15) is 31.4 Å². The SMILES string of the molecule is CC(C)c1cnn(C2CNC2)c1. The molecule has 0 spiro atoms. The highest BCUT2D eigenvalue weighted by Crippen LogP contribution is 2.16. The van der Waals surface area contributed by atoms with E-state index >= 15 is 0 Å². The van der Waals surface area contributed by atoms with E-state index in [4.69, 9.17) is 0 Å². The van der Waals surface area contributed by atoms with Crippen molar-refractivity contribution in [2.75, 3.05) is 13.1 Å². The molecule has 0 bridgehead atoms. The summed E-state index contributed by atoms with van der Waals surface area (Å²) >= 11 is 0. The van der Waals surface area contributed by atoms with Gasteiger partial charge in [-0.15, -0.1) is 0 Å². The predicted molar refractivity (Wildman–Crippen MR) is 48.2 cm³/mol. The Kier molecular flexibility index (Phi) is 1.89. The van der Waals surface area contributed by atoms with Gasteiger partial charge in [0, 0.05) is 19.3 Å². The van der Waals surface area contributed by atoms with Gasteiger partial charge in [-0.25, -0.2) is 0 Å².